The predicted molar refractivity (Wildman–Crippen MR) is 93.9 cm³/mol. The van der Waals surface area contributed by atoms with Crippen molar-refractivity contribution >= 4 is 51.0 Å². The Balaban J connectivity index is 1.63. The molecule has 6 nitrogen and oxygen atoms in total. The van der Waals surface area contributed by atoms with Crippen LogP contribution in [0.3, 0.4) is 0 Å². The molecule has 1 aliphatic carbocycles. The molecular formula is C14H17ClIN5O. The van der Waals surface area contributed by atoms with E-state index in [2.05, 4.69) is 43.0 Å². The molecule has 2 fully saturated rings. The van der Waals surface area contributed by atoms with Gasteiger partial charge in [0.1, 0.15) is 5.82 Å². The first-order valence-corrected chi connectivity index (χ1v) is 9.22. The molecule has 2 aliphatic rings. The van der Waals surface area contributed by atoms with Crippen molar-refractivity contribution in [3.63, 3.8) is 0 Å². The summed E-state index contributed by atoms with van der Waals surface area (Å²) in [6, 6.07) is 0.718. The summed E-state index contributed by atoms with van der Waals surface area (Å²) in [5, 5.41) is 9.15. The normalized spacial score (nSPS) is 26.1. The number of nitrogens with one attached hydrogen (secondary N) is 1. The van der Waals surface area contributed by atoms with Crippen molar-refractivity contribution in [2.45, 2.75) is 41.7 Å². The van der Waals surface area contributed by atoms with Crippen LogP contribution in [0.2, 0.25) is 5.28 Å². The fourth-order valence-electron chi connectivity index (χ4n) is 2.79. The highest BCUT2D eigenvalue weighted by Gasteiger charge is 2.28. The van der Waals surface area contributed by atoms with Gasteiger partial charge in [-0.05, 0) is 37.3 Å². The Morgan fingerprint density at radius 2 is 2.09 bits per heavy atom. The zero-order valence-electron chi connectivity index (χ0n) is 12.0. The van der Waals surface area contributed by atoms with E-state index in [0.717, 1.165) is 49.1 Å². The third-order valence-electron chi connectivity index (χ3n) is 4.11. The van der Waals surface area contributed by atoms with E-state index >= 15 is 0 Å². The molecule has 8 heteroatoms. The zero-order valence-corrected chi connectivity index (χ0v) is 14.9. The minimum atomic E-state index is 0.248. The Morgan fingerprint density at radius 1 is 1.23 bits per heavy atom. The van der Waals surface area contributed by atoms with Crippen molar-refractivity contribution in [3.05, 3.63) is 11.5 Å². The van der Waals surface area contributed by atoms with Crippen LogP contribution < -0.4 is 5.32 Å². The maximum atomic E-state index is 6.12. The Bertz CT molecular complexity index is 689. The second-order valence-corrected chi connectivity index (χ2v) is 8.05. The van der Waals surface area contributed by atoms with Crippen LogP contribution in [0.1, 0.15) is 31.7 Å². The summed E-state index contributed by atoms with van der Waals surface area (Å²) in [4.78, 5) is 8.73. The van der Waals surface area contributed by atoms with Crippen LogP contribution in [0, 0.1) is 0 Å². The number of hydrogen-bond donors (Lipinski definition) is 1. The van der Waals surface area contributed by atoms with Gasteiger partial charge < -0.3 is 10.1 Å². The van der Waals surface area contributed by atoms with Gasteiger partial charge >= 0.3 is 0 Å². The lowest BCUT2D eigenvalue weighted by atomic mass is 10.1. The molecule has 0 radical (unpaired) electrons. The first kappa shape index (κ1) is 14.9. The summed E-state index contributed by atoms with van der Waals surface area (Å²) in [5.74, 6) is 0.766. The summed E-state index contributed by atoms with van der Waals surface area (Å²) in [6.07, 6.45) is 6.36. The van der Waals surface area contributed by atoms with E-state index in [0.29, 0.717) is 16.6 Å². The van der Waals surface area contributed by atoms with Gasteiger partial charge in [-0.25, -0.2) is 4.68 Å². The number of hydrogen-bond acceptors (Lipinski definition) is 5. The van der Waals surface area contributed by atoms with Crippen LogP contribution in [-0.2, 0) is 4.74 Å². The monoisotopic (exact) mass is 433 g/mol. The van der Waals surface area contributed by atoms with Crippen molar-refractivity contribution in [2.24, 2.45) is 0 Å². The molecule has 0 spiro atoms. The van der Waals surface area contributed by atoms with Crippen molar-refractivity contribution in [3.8, 4) is 0 Å². The van der Waals surface area contributed by atoms with Crippen molar-refractivity contribution in [1.82, 2.24) is 19.7 Å². The topological polar surface area (TPSA) is 64.9 Å². The van der Waals surface area contributed by atoms with E-state index in [-0.39, 0.29) is 11.3 Å². The maximum absolute atomic E-state index is 6.12. The largest absolute Gasteiger partial charge is 0.378 e. The van der Waals surface area contributed by atoms with E-state index < -0.39 is 0 Å². The first-order valence-electron chi connectivity index (χ1n) is 7.60. The van der Waals surface area contributed by atoms with E-state index in [4.69, 9.17) is 16.3 Å². The molecule has 2 atom stereocenters. The fourth-order valence-corrected chi connectivity index (χ4v) is 3.57. The highest BCUT2D eigenvalue weighted by atomic mass is 127. The summed E-state index contributed by atoms with van der Waals surface area (Å²) >= 11 is 8.56. The van der Waals surface area contributed by atoms with Crippen LogP contribution >= 0.6 is 34.2 Å². The molecule has 22 heavy (non-hydrogen) atoms. The van der Waals surface area contributed by atoms with Gasteiger partial charge in [0, 0.05) is 3.92 Å². The lowest BCUT2D eigenvalue weighted by molar-refractivity contribution is 0.143. The number of ether oxygens (including phenoxy) is 1. The molecule has 0 bridgehead atoms. The van der Waals surface area contributed by atoms with E-state index in [1.165, 1.54) is 0 Å². The number of aromatic nitrogens is 4. The fraction of sp³-hybridized carbons (Fsp3) is 0.643. The van der Waals surface area contributed by atoms with Crippen molar-refractivity contribution in [1.29, 1.82) is 0 Å². The zero-order chi connectivity index (χ0) is 15.1. The molecule has 1 saturated carbocycles. The quantitative estimate of drug-likeness (QED) is 0.457. The molecule has 3 heterocycles. The summed E-state index contributed by atoms with van der Waals surface area (Å²) in [7, 11) is 0. The van der Waals surface area contributed by atoms with Crippen molar-refractivity contribution < 1.29 is 4.74 Å². The second kappa shape index (κ2) is 6.09. The predicted octanol–water partition coefficient (Wildman–Crippen LogP) is 3.21. The number of alkyl halides is 1. The lowest BCUT2D eigenvalue weighted by Gasteiger charge is -2.17. The Labute approximate surface area is 147 Å². The number of anilines is 1. The third kappa shape index (κ3) is 3.03. The first-order chi connectivity index (χ1) is 10.7. The van der Waals surface area contributed by atoms with Gasteiger partial charge in [-0.15, -0.1) is 0 Å². The number of fused-ring (bicyclic) bond motifs is 1. The average Bonchev–Trinajstić information content (AvgIpc) is 3.27. The SMILES string of the molecule is Clc1nc(N[C@@H]2CC[C@H](I)COC2)c2cnn(C3CC3)c2n1. The van der Waals surface area contributed by atoms with Gasteiger partial charge in [0.25, 0.3) is 0 Å². The third-order valence-corrected chi connectivity index (χ3v) is 5.26. The number of rotatable bonds is 3. The molecule has 1 saturated heterocycles. The highest BCUT2D eigenvalue weighted by molar-refractivity contribution is 14.1. The van der Waals surface area contributed by atoms with Crippen LogP contribution in [0.4, 0.5) is 5.82 Å². The smallest absolute Gasteiger partial charge is 0.226 e. The van der Waals surface area contributed by atoms with Gasteiger partial charge in [-0.1, -0.05) is 22.6 Å². The molecule has 118 valence electrons. The summed E-state index contributed by atoms with van der Waals surface area (Å²) < 4.78 is 8.27. The van der Waals surface area contributed by atoms with Gasteiger partial charge in [0.05, 0.1) is 36.9 Å². The molecule has 2 aromatic heterocycles. The molecule has 2 aromatic rings. The van der Waals surface area contributed by atoms with Gasteiger partial charge in [0.2, 0.25) is 5.28 Å². The van der Waals surface area contributed by atoms with Crippen LogP contribution in [0.15, 0.2) is 6.20 Å². The average molecular weight is 434 g/mol. The van der Waals surface area contributed by atoms with Crippen molar-refractivity contribution in [2.75, 3.05) is 18.5 Å². The molecule has 4 rings (SSSR count). The number of halogens is 2. The molecular weight excluding hydrogens is 417 g/mol. The maximum Gasteiger partial charge on any atom is 0.226 e. The molecule has 1 aliphatic heterocycles. The Morgan fingerprint density at radius 3 is 2.91 bits per heavy atom. The van der Waals surface area contributed by atoms with Gasteiger partial charge in [-0.2, -0.15) is 15.1 Å². The van der Waals surface area contributed by atoms with Crippen LogP contribution in [0.25, 0.3) is 11.0 Å². The minimum absolute atomic E-state index is 0.248. The molecule has 0 aromatic carbocycles. The van der Waals surface area contributed by atoms with Gasteiger partial charge in [-0.3, -0.25) is 0 Å². The summed E-state index contributed by atoms with van der Waals surface area (Å²) in [6.45, 7) is 1.51. The Hall–Kier alpha value is -0.670. The standard InChI is InChI=1S/C14H17ClIN5O/c15-14-19-12(18-9-2-1-8(16)6-22-7-9)11-5-17-21(10-3-4-10)13(11)20-14/h5,8-10H,1-4,6-7H2,(H,18,19,20)/t8-,9+/m0/s1. The van der Waals surface area contributed by atoms with Crippen LogP contribution in [0.5, 0.6) is 0 Å². The Kier molecular flexibility index (Phi) is 4.12. The highest BCUT2D eigenvalue weighted by Crippen LogP contribution is 2.37. The minimum Gasteiger partial charge on any atom is -0.378 e. The summed E-state index contributed by atoms with van der Waals surface area (Å²) in [5.41, 5.74) is 0.825. The second-order valence-electron chi connectivity index (χ2n) is 5.95. The van der Waals surface area contributed by atoms with E-state index in [1.807, 2.05) is 10.9 Å². The molecule has 0 unspecified atom stereocenters. The van der Waals surface area contributed by atoms with Crippen LogP contribution in [-0.4, -0.2) is 42.9 Å². The van der Waals surface area contributed by atoms with E-state index in [9.17, 15) is 0 Å². The van der Waals surface area contributed by atoms with Gasteiger partial charge in [0.15, 0.2) is 5.65 Å². The molecule has 0 amide bonds. The van der Waals surface area contributed by atoms with E-state index in [1.54, 1.807) is 0 Å². The lowest BCUT2D eigenvalue weighted by Crippen LogP contribution is -2.24. The number of nitrogens with zero attached hydrogens (tertiary/aromatic N) is 4. The molecule has 1 N–H and O–H groups in total.